The van der Waals surface area contributed by atoms with Crippen molar-refractivity contribution < 1.29 is 39.4 Å². The fraction of sp³-hybridized carbons (Fsp3) is 0.480. The van der Waals surface area contributed by atoms with Gasteiger partial charge in [-0.25, -0.2) is 13.1 Å². The van der Waals surface area contributed by atoms with Gasteiger partial charge in [-0.2, -0.15) is 0 Å². The standard InChI is InChI=1S/C25H37N2O4S.BrH/c1-4-5-21-32(29,30)26-17-9-18-27(2,3)19-10-20-31-24-15-13-23(14-16-24)25(28)22-11-7-6-8-12-22;/h6-8,11-16,26H,4-5,9-10,17-21H2,1-3H3;1H/q+1;/p-1. The van der Waals surface area contributed by atoms with Crippen molar-refractivity contribution in [1.82, 2.24) is 4.72 Å². The summed E-state index contributed by atoms with van der Waals surface area (Å²) in [5, 5.41) is 0. The number of nitrogens with one attached hydrogen (secondary N) is 1. The molecule has 6 nitrogen and oxygen atoms in total. The maximum Gasteiger partial charge on any atom is 0.211 e. The van der Waals surface area contributed by atoms with E-state index in [4.69, 9.17) is 4.74 Å². The number of quaternary nitrogens is 1. The molecule has 0 aliphatic heterocycles. The minimum absolute atomic E-state index is 0. The third kappa shape index (κ3) is 11.3. The van der Waals surface area contributed by atoms with Crippen LogP contribution in [0.15, 0.2) is 54.6 Å². The Labute approximate surface area is 209 Å². The molecule has 0 aliphatic carbocycles. The first-order chi connectivity index (χ1) is 15.2. The summed E-state index contributed by atoms with van der Waals surface area (Å²) in [5.41, 5.74) is 1.32. The Morgan fingerprint density at radius 2 is 1.52 bits per heavy atom. The number of nitrogens with zero attached hydrogens (tertiary/aromatic N) is 1. The van der Waals surface area contributed by atoms with Crippen LogP contribution in [0.5, 0.6) is 5.75 Å². The van der Waals surface area contributed by atoms with E-state index in [1.54, 1.807) is 12.1 Å². The number of unbranched alkanes of at least 4 members (excludes halogenated alkanes) is 1. The van der Waals surface area contributed by atoms with Crippen LogP contribution in [0.4, 0.5) is 0 Å². The molecule has 0 spiro atoms. The lowest BCUT2D eigenvalue weighted by Crippen LogP contribution is -3.00. The molecule has 2 rings (SSSR count). The van der Waals surface area contributed by atoms with Crippen LogP contribution in [0, 0.1) is 0 Å². The van der Waals surface area contributed by atoms with Gasteiger partial charge in [0.05, 0.1) is 39.5 Å². The van der Waals surface area contributed by atoms with Gasteiger partial charge in [0, 0.05) is 30.5 Å². The molecule has 0 amide bonds. The number of ketones is 1. The molecular formula is C25H37BrN2O4S. The number of hydrogen-bond donors (Lipinski definition) is 1. The molecule has 0 saturated carbocycles. The van der Waals surface area contributed by atoms with Gasteiger partial charge < -0.3 is 26.2 Å². The summed E-state index contributed by atoms with van der Waals surface area (Å²) in [7, 11) is 1.16. The molecule has 2 aromatic rings. The molecular weight excluding hydrogens is 504 g/mol. The number of rotatable bonds is 15. The van der Waals surface area contributed by atoms with Gasteiger partial charge in [0.2, 0.25) is 10.0 Å². The lowest BCUT2D eigenvalue weighted by molar-refractivity contribution is -0.890. The molecule has 184 valence electrons. The van der Waals surface area contributed by atoms with Crippen LogP contribution in [0.25, 0.3) is 0 Å². The van der Waals surface area contributed by atoms with Crippen LogP contribution in [-0.2, 0) is 10.0 Å². The summed E-state index contributed by atoms with van der Waals surface area (Å²) in [6, 6.07) is 16.5. The molecule has 0 aromatic heterocycles. The molecule has 0 radical (unpaired) electrons. The number of ether oxygens (including phenoxy) is 1. The van der Waals surface area contributed by atoms with Crippen LogP contribution in [0.2, 0.25) is 0 Å². The average molecular weight is 542 g/mol. The molecule has 0 heterocycles. The number of sulfonamides is 1. The number of carbonyl (C=O) groups excluding carboxylic acids is 1. The predicted octanol–water partition coefficient (Wildman–Crippen LogP) is 0.877. The van der Waals surface area contributed by atoms with Crippen molar-refractivity contribution in [3.05, 3.63) is 65.7 Å². The van der Waals surface area contributed by atoms with Gasteiger partial charge in [0.15, 0.2) is 5.78 Å². The van der Waals surface area contributed by atoms with Gasteiger partial charge >= 0.3 is 0 Å². The number of benzene rings is 2. The Bertz CT molecular complexity index is 933. The minimum Gasteiger partial charge on any atom is -1.00 e. The molecule has 0 saturated heterocycles. The largest absolute Gasteiger partial charge is 1.00 e. The average Bonchev–Trinajstić information content (AvgIpc) is 2.79. The van der Waals surface area contributed by atoms with Crippen molar-refractivity contribution >= 4 is 15.8 Å². The Morgan fingerprint density at radius 3 is 2.15 bits per heavy atom. The Morgan fingerprint density at radius 1 is 0.909 bits per heavy atom. The van der Waals surface area contributed by atoms with Gasteiger partial charge in [-0.05, 0) is 30.7 Å². The highest BCUT2D eigenvalue weighted by atomic mass is 79.9. The van der Waals surface area contributed by atoms with Crippen LogP contribution in [-0.4, -0.2) is 64.8 Å². The third-order valence-corrected chi connectivity index (χ3v) is 6.83. The summed E-state index contributed by atoms with van der Waals surface area (Å²) < 4.78 is 33.0. The molecule has 2 aromatic carbocycles. The van der Waals surface area contributed by atoms with Crippen molar-refractivity contribution in [3.8, 4) is 5.75 Å². The van der Waals surface area contributed by atoms with E-state index in [2.05, 4.69) is 18.8 Å². The molecule has 1 N–H and O–H groups in total. The van der Waals surface area contributed by atoms with Gasteiger partial charge in [-0.1, -0.05) is 43.7 Å². The highest BCUT2D eigenvalue weighted by Crippen LogP contribution is 2.16. The summed E-state index contributed by atoms with van der Waals surface area (Å²) in [6.07, 6.45) is 3.27. The van der Waals surface area contributed by atoms with E-state index in [1.165, 1.54) is 0 Å². The van der Waals surface area contributed by atoms with Crippen molar-refractivity contribution in [2.75, 3.05) is 46.1 Å². The van der Waals surface area contributed by atoms with E-state index in [0.29, 0.717) is 30.7 Å². The van der Waals surface area contributed by atoms with Crippen molar-refractivity contribution in [3.63, 3.8) is 0 Å². The van der Waals surface area contributed by atoms with Gasteiger partial charge in [0.1, 0.15) is 5.75 Å². The first kappa shape index (κ1) is 29.3. The van der Waals surface area contributed by atoms with Crippen molar-refractivity contribution in [2.45, 2.75) is 32.6 Å². The quantitative estimate of drug-likeness (QED) is 0.207. The lowest BCUT2D eigenvalue weighted by atomic mass is 10.0. The van der Waals surface area contributed by atoms with E-state index in [1.807, 2.05) is 49.4 Å². The normalized spacial score (nSPS) is 11.6. The van der Waals surface area contributed by atoms with Crippen LogP contribution in [0.1, 0.15) is 48.5 Å². The molecule has 0 bridgehead atoms. The van der Waals surface area contributed by atoms with Gasteiger partial charge in [-0.15, -0.1) is 0 Å². The van der Waals surface area contributed by atoms with Crippen molar-refractivity contribution in [1.29, 1.82) is 0 Å². The topological polar surface area (TPSA) is 72.5 Å². The van der Waals surface area contributed by atoms with Gasteiger partial charge in [-0.3, -0.25) is 4.79 Å². The Hall–Kier alpha value is -1.74. The molecule has 0 atom stereocenters. The summed E-state index contributed by atoms with van der Waals surface area (Å²) >= 11 is 0. The predicted molar refractivity (Wildman–Crippen MR) is 130 cm³/mol. The van der Waals surface area contributed by atoms with Crippen LogP contribution < -0.4 is 26.4 Å². The van der Waals surface area contributed by atoms with E-state index >= 15 is 0 Å². The lowest BCUT2D eigenvalue weighted by Gasteiger charge is -2.29. The number of carbonyl (C=O) groups is 1. The molecule has 0 fully saturated rings. The highest BCUT2D eigenvalue weighted by Gasteiger charge is 2.16. The molecule has 0 aliphatic rings. The van der Waals surface area contributed by atoms with E-state index in [-0.39, 0.29) is 28.5 Å². The minimum atomic E-state index is -3.14. The highest BCUT2D eigenvalue weighted by molar-refractivity contribution is 7.89. The maximum atomic E-state index is 12.5. The second kappa shape index (κ2) is 14.5. The number of halogens is 1. The Balaban J connectivity index is 0.00000544. The molecule has 33 heavy (non-hydrogen) atoms. The van der Waals surface area contributed by atoms with Crippen molar-refractivity contribution in [2.24, 2.45) is 0 Å². The van der Waals surface area contributed by atoms with Crippen LogP contribution >= 0.6 is 0 Å². The van der Waals surface area contributed by atoms with E-state index in [0.717, 1.165) is 42.6 Å². The fourth-order valence-corrected chi connectivity index (χ4v) is 4.66. The zero-order valence-corrected chi connectivity index (χ0v) is 22.3. The second-order valence-electron chi connectivity index (χ2n) is 8.72. The summed E-state index contributed by atoms with van der Waals surface area (Å²) in [4.78, 5) is 12.5. The van der Waals surface area contributed by atoms with E-state index < -0.39 is 10.0 Å². The first-order valence-corrected chi connectivity index (χ1v) is 13.0. The molecule has 0 unspecified atom stereocenters. The Kier molecular flexibility index (Phi) is 12.9. The van der Waals surface area contributed by atoms with Gasteiger partial charge in [0.25, 0.3) is 0 Å². The first-order valence-electron chi connectivity index (χ1n) is 11.3. The zero-order chi connectivity index (χ0) is 23.5. The third-order valence-electron chi connectivity index (χ3n) is 5.36. The zero-order valence-electron chi connectivity index (χ0n) is 19.9. The summed E-state index contributed by atoms with van der Waals surface area (Å²) in [6.45, 7) is 4.90. The van der Waals surface area contributed by atoms with E-state index in [9.17, 15) is 13.2 Å². The number of hydrogen-bond acceptors (Lipinski definition) is 4. The summed E-state index contributed by atoms with van der Waals surface area (Å²) in [5.74, 6) is 0.964. The maximum absolute atomic E-state index is 12.5. The molecule has 8 heteroatoms. The fourth-order valence-electron chi connectivity index (χ4n) is 3.39. The smallest absolute Gasteiger partial charge is 0.211 e. The monoisotopic (exact) mass is 540 g/mol. The van der Waals surface area contributed by atoms with Crippen LogP contribution in [0.3, 0.4) is 0 Å². The second-order valence-corrected chi connectivity index (χ2v) is 10.7. The SMILES string of the molecule is CCCCS(=O)(=O)NCCC[N+](C)(C)CCCOc1ccc(C(=O)c2ccccc2)cc1.[Br-].